The number of thiocarbonyl (C=S) groups is 1. The Bertz CT molecular complexity index is 388. The summed E-state index contributed by atoms with van der Waals surface area (Å²) in [5.41, 5.74) is 6.31. The lowest BCUT2D eigenvalue weighted by atomic mass is 10.2. The van der Waals surface area contributed by atoms with Crippen molar-refractivity contribution in [1.29, 1.82) is 0 Å². The molecule has 2 N–H and O–H groups in total. The van der Waals surface area contributed by atoms with Crippen LogP contribution in [0.2, 0.25) is 0 Å². The van der Waals surface area contributed by atoms with Gasteiger partial charge in [-0.15, -0.1) is 0 Å². The number of rotatable bonds is 4. The Hall–Kier alpha value is -1.55. The van der Waals surface area contributed by atoms with E-state index in [2.05, 4.69) is 0 Å². The van der Waals surface area contributed by atoms with E-state index >= 15 is 0 Å². The zero-order valence-electron chi connectivity index (χ0n) is 8.69. The van der Waals surface area contributed by atoms with Gasteiger partial charge < -0.3 is 15.2 Å². The maximum atomic E-state index is 5.36. The Morgan fingerprint density at radius 3 is 2.47 bits per heavy atom. The summed E-state index contributed by atoms with van der Waals surface area (Å²) in [6.45, 7) is 0. The first kappa shape index (κ1) is 11.5. The van der Waals surface area contributed by atoms with Gasteiger partial charge in [-0.3, -0.25) is 0 Å². The Morgan fingerprint density at radius 1 is 1.27 bits per heavy atom. The zero-order valence-corrected chi connectivity index (χ0v) is 9.51. The van der Waals surface area contributed by atoms with Gasteiger partial charge in [0.15, 0.2) is 11.5 Å². The topological polar surface area (TPSA) is 44.5 Å². The van der Waals surface area contributed by atoms with E-state index < -0.39 is 0 Å². The highest BCUT2D eigenvalue weighted by Crippen LogP contribution is 2.27. The Labute approximate surface area is 94.5 Å². The minimum absolute atomic E-state index is 0.352. The van der Waals surface area contributed by atoms with Crippen molar-refractivity contribution in [3.8, 4) is 11.5 Å². The van der Waals surface area contributed by atoms with Crippen LogP contribution in [-0.2, 0) is 0 Å². The molecule has 0 unspecified atom stereocenters. The van der Waals surface area contributed by atoms with E-state index in [-0.39, 0.29) is 0 Å². The average Bonchev–Trinajstić information content (AvgIpc) is 2.25. The van der Waals surface area contributed by atoms with E-state index in [4.69, 9.17) is 27.4 Å². The van der Waals surface area contributed by atoms with Crippen LogP contribution in [0.1, 0.15) is 5.56 Å². The number of hydrogen-bond acceptors (Lipinski definition) is 3. The largest absolute Gasteiger partial charge is 0.493 e. The predicted molar refractivity (Wildman–Crippen MR) is 65.4 cm³/mol. The molecule has 0 aliphatic heterocycles. The third-order valence-electron chi connectivity index (χ3n) is 1.85. The molecule has 0 atom stereocenters. The Morgan fingerprint density at radius 2 is 1.93 bits per heavy atom. The van der Waals surface area contributed by atoms with Crippen molar-refractivity contribution in [2.45, 2.75) is 0 Å². The second-order valence-corrected chi connectivity index (χ2v) is 3.32. The molecule has 15 heavy (non-hydrogen) atoms. The van der Waals surface area contributed by atoms with Gasteiger partial charge in [-0.1, -0.05) is 24.4 Å². The Kier molecular flexibility index (Phi) is 4.12. The van der Waals surface area contributed by atoms with Crippen LogP contribution < -0.4 is 15.2 Å². The third kappa shape index (κ3) is 3.25. The van der Waals surface area contributed by atoms with Gasteiger partial charge in [0.05, 0.1) is 19.2 Å². The standard InChI is InChI=1S/C11H13NO2S/c1-13-9-5-3-8(4-6-11(12)15)7-10(9)14-2/h3-7H,1-2H3,(H2,12,15)/b6-4+. The molecule has 0 saturated carbocycles. The van der Waals surface area contributed by atoms with Crippen LogP contribution in [0.25, 0.3) is 6.08 Å². The molecule has 0 radical (unpaired) electrons. The minimum atomic E-state index is 0.352. The van der Waals surface area contributed by atoms with Gasteiger partial charge in [0.25, 0.3) is 0 Å². The maximum Gasteiger partial charge on any atom is 0.161 e. The number of hydrogen-bond donors (Lipinski definition) is 1. The lowest BCUT2D eigenvalue weighted by molar-refractivity contribution is 0.355. The van der Waals surface area contributed by atoms with Crippen molar-refractivity contribution in [2.75, 3.05) is 14.2 Å². The van der Waals surface area contributed by atoms with Gasteiger partial charge in [-0.25, -0.2) is 0 Å². The first-order chi connectivity index (χ1) is 7.17. The lowest BCUT2D eigenvalue weighted by Crippen LogP contribution is -2.01. The molecule has 0 aromatic heterocycles. The van der Waals surface area contributed by atoms with Crippen LogP contribution in [-0.4, -0.2) is 19.2 Å². The summed E-state index contributed by atoms with van der Waals surface area (Å²) in [4.78, 5) is 0.352. The third-order valence-corrected chi connectivity index (χ3v) is 1.98. The van der Waals surface area contributed by atoms with Crippen LogP contribution in [0.4, 0.5) is 0 Å². The molecule has 0 spiro atoms. The average molecular weight is 223 g/mol. The molecule has 1 aromatic rings. The van der Waals surface area contributed by atoms with Gasteiger partial charge in [-0.05, 0) is 23.8 Å². The van der Waals surface area contributed by atoms with Crippen molar-refractivity contribution < 1.29 is 9.47 Å². The molecule has 0 heterocycles. The van der Waals surface area contributed by atoms with E-state index in [9.17, 15) is 0 Å². The lowest BCUT2D eigenvalue weighted by Gasteiger charge is -2.07. The van der Waals surface area contributed by atoms with E-state index in [0.717, 1.165) is 5.56 Å². The summed E-state index contributed by atoms with van der Waals surface area (Å²) in [5, 5.41) is 0. The van der Waals surface area contributed by atoms with Crippen LogP contribution in [0.3, 0.4) is 0 Å². The summed E-state index contributed by atoms with van der Waals surface area (Å²) >= 11 is 4.74. The van der Waals surface area contributed by atoms with Crippen molar-refractivity contribution >= 4 is 23.3 Å². The molecule has 3 nitrogen and oxygen atoms in total. The minimum Gasteiger partial charge on any atom is -0.493 e. The molecular formula is C11H13NO2S. The summed E-state index contributed by atoms with van der Waals surface area (Å²) in [7, 11) is 3.20. The number of ether oxygens (including phenoxy) is 2. The van der Waals surface area contributed by atoms with Gasteiger partial charge in [-0.2, -0.15) is 0 Å². The SMILES string of the molecule is COc1ccc(/C=C/C(N)=S)cc1OC. The summed E-state index contributed by atoms with van der Waals surface area (Å²) in [5.74, 6) is 1.38. The van der Waals surface area contributed by atoms with Gasteiger partial charge in [0, 0.05) is 0 Å². The molecule has 0 amide bonds. The molecule has 0 aliphatic carbocycles. The second kappa shape index (κ2) is 5.36. The van der Waals surface area contributed by atoms with Crippen LogP contribution in [0, 0.1) is 0 Å². The molecule has 1 rings (SSSR count). The fraction of sp³-hybridized carbons (Fsp3) is 0.182. The van der Waals surface area contributed by atoms with Crippen LogP contribution >= 0.6 is 12.2 Å². The predicted octanol–water partition coefficient (Wildman–Crippen LogP) is 2.00. The quantitative estimate of drug-likeness (QED) is 0.626. The van der Waals surface area contributed by atoms with Gasteiger partial charge >= 0.3 is 0 Å². The highest BCUT2D eigenvalue weighted by molar-refractivity contribution is 7.80. The molecule has 0 aliphatic rings. The van der Waals surface area contributed by atoms with Crippen LogP contribution in [0.15, 0.2) is 24.3 Å². The second-order valence-electron chi connectivity index (χ2n) is 2.85. The van der Waals surface area contributed by atoms with E-state index in [0.29, 0.717) is 16.5 Å². The van der Waals surface area contributed by atoms with Crippen molar-refractivity contribution in [3.63, 3.8) is 0 Å². The normalized spacial score (nSPS) is 10.3. The first-order valence-corrected chi connectivity index (χ1v) is 4.77. The summed E-state index contributed by atoms with van der Waals surface area (Å²) < 4.78 is 10.3. The van der Waals surface area contributed by atoms with Crippen molar-refractivity contribution in [3.05, 3.63) is 29.8 Å². The molecule has 4 heteroatoms. The maximum absolute atomic E-state index is 5.36. The summed E-state index contributed by atoms with van der Waals surface area (Å²) in [6.07, 6.45) is 3.49. The van der Waals surface area contributed by atoms with Crippen molar-refractivity contribution in [1.82, 2.24) is 0 Å². The fourth-order valence-corrected chi connectivity index (χ4v) is 1.20. The molecule has 0 saturated heterocycles. The smallest absolute Gasteiger partial charge is 0.161 e. The molecular weight excluding hydrogens is 210 g/mol. The molecule has 80 valence electrons. The fourth-order valence-electron chi connectivity index (χ4n) is 1.13. The van der Waals surface area contributed by atoms with E-state index in [1.54, 1.807) is 20.3 Å². The number of nitrogens with two attached hydrogens (primary N) is 1. The first-order valence-electron chi connectivity index (χ1n) is 4.37. The van der Waals surface area contributed by atoms with E-state index in [1.165, 1.54) is 0 Å². The van der Waals surface area contributed by atoms with Crippen molar-refractivity contribution in [2.24, 2.45) is 5.73 Å². The van der Waals surface area contributed by atoms with Crippen LogP contribution in [0.5, 0.6) is 11.5 Å². The molecule has 1 aromatic carbocycles. The number of benzene rings is 1. The number of methoxy groups -OCH3 is 2. The molecule has 0 fully saturated rings. The van der Waals surface area contributed by atoms with Gasteiger partial charge in [0.2, 0.25) is 0 Å². The molecule has 0 bridgehead atoms. The van der Waals surface area contributed by atoms with Gasteiger partial charge in [0.1, 0.15) is 0 Å². The monoisotopic (exact) mass is 223 g/mol. The Balaban J connectivity index is 2.97. The highest BCUT2D eigenvalue weighted by atomic mass is 32.1. The summed E-state index contributed by atoms with van der Waals surface area (Å²) in [6, 6.07) is 5.59. The zero-order chi connectivity index (χ0) is 11.3. The van der Waals surface area contributed by atoms with E-state index in [1.807, 2.05) is 24.3 Å². The highest BCUT2D eigenvalue weighted by Gasteiger charge is 2.02.